The van der Waals surface area contributed by atoms with E-state index in [-0.39, 0.29) is 5.91 Å². The molecule has 17 heavy (non-hydrogen) atoms. The zero-order valence-corrected chi connectivity index (χ0v) is 10.5. The second-order valence-electron chi connectivity index (χ2n) is 4.09. The van der Waals surface area contributed by atoms with Crippen molar-refractivity contribution < 1.29 is 10.0 Å². The Morgan fingerprint density at radius 2 is 2.47 bits per heavy atom. The first-order chi connectivity index (χ1) is 8.16. The van der Waals surface area contributed by atoms with Crippen LogP contribution in [0.25, 0.3) is 0 Å². The van der Waals surface area contributed by atoms with E-state index in [1.54, 1.807) is 0 Å². The van der Waals surface area contributed by atoms with Gasteiger partial charge >= 0.3 is 0 Å². The van der Waals surface area contributed by atoms with Gasteiger partial charge in [-0.3, -0.25) is 4.79 Å². The van der Waals surface area contributed by atoms with Crippen molar-refractivity contribution in [2.24, 2.45) is 0 Å². The zero-order valence-electron chi connectivity index (χ0n) is 9.72. The lowest BCUT2D eigenvalue weighted by atomic mass is 10.1. The first-order valence-corrected chi connectivity index (χ1v) is 6.62. The van der Waals surface area contributed by atoms with Crippen LogP contribution in [0.15, 0.2) is 24.3 Å². The van der Waals surface area contributed by atoms with Crippen molar-refractivity contribution in [2.45, 2.75) is 18.8 Å². The Morgan fingerprint density at radius 3 is 3.12 bits per heavy atom. The average Bonchev–Trinajstić information content (AvgIpc) is 2.72. The summed E-state index contributed by atoms with van der Waals surface area (Å²) in [5.74, 6) is 0.662. The van der Waals surface area contributed by atoms with E-state index in [1.807, 2.05) is 31.2 Å². The predicted octanol–water partition coefficient (Wildman–Crippen LogP) is 1.38. The zero-order chi connectivity index (χ0) is 12.3. The van der Waals surface area contributed by atoms with Gasteiger partial charge in [0.05, 0.1) is 0 Å². The Bertz CT molecular complexity index is 411. The Morgan fingerprint density at radius 1 is 1.65 bits per heavy atom. The smallest absolute Gasteiger partial charge is 0.250 e. The number of hydrogen-bond acceptors (Lipinski definition) is 4. The number of thioether (sulfide) groups is 1. The van der Waals surface area contributed by atoms with Crippen molar-refractivity contribution in [3.8, 4) is 0 Å². The Labute approximate surface area is 105 Å². The number of carbonyl (C=O) groups is 1. The molecule has 0 unspecified atom stereocenters. The third-order valence-corrected chi connectivity index (χ3v) is 3.83. The van der Waals surface area contributed by atoms with Crippen LogP contribution in [0.5, 0.6) is 0 Å². The van der Waals surface area contributed by atoms with Gasteiger partial charge in [-0.05, 0) is 12.5 Å². The maximum atomic E-state index is 11.8. The van der Waals surface area contributed by atoms with E-state index < -0.39 is 5.37 Å². The number of benzene rings is 1. The van der Waals surface area contributed by atoms with Gasteiger partial charge in [-0.15, -0.1) is 11.8 Å². The molecule has 1 aliphatic rings. The summed E-state index contributed by atoms with van der Waals surface area (Å²) >= 11 is 1.46. The van der Waals surface area contributed by atoms with Gasteiger partial charge in [0.2, 0.25) is 5.91 Å². The van der Waals surface area contributed by atoms with Crippen LogP contribution >= 0.6 is 11.8 Å². The number of carbonyl (C=O) groups excluding carboxylic acids is 1. The van der Waals surface area contributed by atoms with E-state index in [9.17, 15) is 10.0 Å². The second kappa shape index (κ2) is 5.53. The van der Waals surface area contributed by atoms with Crippen LogP contribution in [0, 0.1) is 6.92 Å². The molecule has 0 radical (unpaired) electrons. The van der Waals surface area contributed by atoms with E-state index in [4.69, 9.17) is 0 Å². The van der Waals surface area contributed by atoms with Gasteiger partial charge in [-0.2, -0.15) is 5.06 Å². The minimum atomic E-state index is -0.459. The number of rotatable bonds is 3. The summed E-state index contributed by atoms with van der Waals surface area (Å²) in [7, 11) is 0. The van der Waals surface area contributed by atoms with Crippen LogP contribution < -0.4 is 5.32 Å². The Hall–Kier alpha value is -1.04. The molecule has 1 aliphatic heterocycles. The number of nitrogens with zero attached hydrogens (tertiary/aromatic N) is 1. The van der Waals surface area contributed by atoms with Crippen LogP contribution in [0.1, 0.15) is 11.1 Å². The van der Waals surface area contributed by atoms with E-state index in [2.05, 4.69) is 5.32 Å². The van der Waals surface area contributed by atoms with Crippen LogP contribution in [0.3, 0.4) is 0 Å². The summed E-state index contributed by atoms with van der Waals surface area (Å²) in [5, 5.41) is 12.9. The van der Waals surface area contributed by atoms with Gasteiger partial charge in [0.25, 0.3) is 0 Å². The van der Waals surface area contributed by atoms with Gasteiger partial charge in [-0.25, -0.2) is 0 Å². The fourth-order valence-electron chi connectivity index (χ4n) is 1.77. The molecule has 1 aromatic rings. The lowest BCUT2D eigenvalue weighted by molar-refractivity contribution is -0.139. The third-order valence-electron chi connectivity index (χ3n) is 2.64. The molecule has 1 atom stereocenters. The van der Waals surface area contributed by atoms with Crippen LogP contribution in [0.4, 0.5) is 0 Å². The molecule has 1 fully saturated rings. The molecule has 0 bridgehead atoms. The van der Waals surface area contributed by atoms with Crippen molar-refractivity contribution in [1.82, 2.24) is 10.4 Å². The molecule has 2 N–H and O–H groups in total. The lowest BCUT2D eigenvalue weighted by Gasteiger charge is -2.16. The highest BCUT2D eigenvalue weighted by molar-refractivity contribution is 8.00. The first-order valence-electron chi connectivity index (χ1n) is 5.57. The van der Waals surface area contributed by atoms with Crippen molar-refractivity contribution in [3.63, 3.8) is 0 Å². The molecule has 0 saturated carbocycles. The summed E-state index contributed by atoms with van der Waals surface area (Å²) in [4.78, 5) is 11.8. The van der Waals surface area contributed by atoms with Crippen LogP contribution in [0.2, 0.25) is 0 Å². The topological polar surface area (TPSA) is 52.6 Å². The van der Waals surface area contributed by atoms with Crippen LogP contribution in [-0.2, 0) is 11.3 Å². The summed E-state index contributed by atoms with van der Waals surface area (Å²) in [6.45, 7) is 3.08. The maximum absolute atomic E-state index is 11.8. The number of hydroxylamine groups is 2. The highest BCUT2D eigenvalue weighted by Gasteiger charge is 2.29. The molecular weight excluding hydrogens is 236 g/mol. The fourth-order valence-corrected chi connectivity index (χ4v) is 2.80. The van der Waals surface area contributed by atoms with E-state index in [0.29, 0.717) is 13.1 Å². The Kier molecular flexibility index (Phi) is 4.04. The quantitative estimate of drug-likeness (QED) is 0.853. The first kappa shape index (κ1) is 12.4. The number of nitrogens with one attached hydrogen (secondary N) is 1. The normalized spacial score (nSPS) is 20.5. The number of amides is 1. The maximum Gasteiger partial charge on any atom is 0.250 e. The van der Waals surface area contributed by atoms with Gasteiger partial charge in [-0.1, -0.05) is 29.8 Å². The summed E-state index contributed by atoms with van der Waals surface area (Å²) in [5.41, 5.74) is 2.25. The largest absolute Gasteiger partial charge is 0.350 e. The second-order valence-corrected chi connectivity index (χ2v) is 5.28. The average molecular weight is 252 g/mol. The minimum Gasteiger partial charge on any atom is -0.350 e. The summed E-state index contributed by atoms with van der Waals surface area (Å²) in [6.07, 6.45) is 0. The van der Waals surface area contributed by atoms with Crippen LogP contribution in [-0.4, -0.2) is 33.8 Å². The summed E-state index contributed by atoms with van der Waals surface area (Å²) in [6, 6.07) is 8.01. The molecule has 4 nitrogen and oxygen atoms in total. The lowest BCUT2D eigenvalue weighted by Crippen LogP contribution is -2.39. The van der Waals surface area contributed by atoms with Crippen molar-refractivity contribution in [1.29, 1.82) is 0 Å². The number of aryl methyl sites for hydroxylation is 1. The molecule has 5 heteroatoms. The fraction of sp³-hybridized carbons (Fsp3) is 0.417. The van der Waals surface area contributed by atoms with E-state index in [0.717, 1.165) is 16.4 Å². The van der Waals surface area contributed by atoms with Gasteiger partial charge in [0.15, 0.2) is 5.37 Å². The summed E-state index contributed by atoms with van der Waals surface area (Å²) < 4.78 is 0. The minimum absolute atomic E-state index is 0.128. The SMILES string of the molecule is Cc1cccc(CNC(=O)[C@@H]2SCCN2O)c1. The Balaban J connectivity index is 1.88. The molecule has 2 rings (SSSR count). The molecule has 0 aliphatic carbocycles. The van der Waals surface area contributed by atoms with Crippen molar-refractivity contribution in [2.75, 3.05) is 12.3 Å². The van der Waals surface area contributed by atoms with E-state index in [1.165, 1.54) is 17.3 Å². The van der Waals surface area contributed by atoms with Crippen molar-refractivity contribution in [3.05, 3.63) is 35.4 Å². The van der Waals surface area contributed by atoms with Crippen molar-refractivity contribution >= 4 is 17.7 Å². The van der Waals surface area contributed by atoms with Gasteiger partial charge in [0.1, 0.15) is 0 Å². The third kappa shape index (κ3) is 3.21. The molecule has 0 aromatic heterocycles. The molecule has 0 spiro atoms. The van der Waals surface area contributed by atoms with E-state index >= 15 is 0 Å². The monoisotopic (exact) mass is 252 g/mol. The molecular formula is C12H16N2O2S. The molecule has 1 aromatic carbocycles. The van der Waals surface area contributed by atoms with Gasteiger partial charge in [0, 0.05) is 18.8 Å². The standard InChI is InChI=1S/C12H16N2O2S/c1-9-3-2-4-10(7-9)8-13-11(15)12-14(16)5-6-17-12/h2-4,7,12,16H,5-6,8H2,1H3,(H,13,15)/t12-/m0/s1. The van der Waals surface area contributed by atoms with Gasteiger partial charge < -0.3 is 10.5 Å². The molecule has 1 saturated heterocycles. The molecule has 1 amide bonds. The highest BCUT2D eigenvalue weighted by atomic mass is 32.2. The number of hydrogen-bond donors (Lipinski definition) is 2. The molecule has 1 heterocycles. The predicted molar refractivity (Wildman–Crippen MR) is 67.8 cm³/mol. The highest BCUT2D eigenvalue weighted by Crippen LogP contribution is 2.21. The molecule has 92 valence electrons.